The third kappa shape index (κ3) is 4.66. The van der Waals surface area contributed by atoms with Crippen molar-refractivity contribution in [1.82, 2.24) is 14.7 Å². The van der Waals surface area contributed by atoms with E-state index in [0.717, 1.165) is 13.1 Å². The van der Waals surface area contributed by atoms with E-state index in [0.29, 0.717) is 35.5 Å². The molecule has 0 spiro atoms. The van der Waals surface area contributed by atoms with Crippen molar-refractivity contribution < 1.29 is 23.5 Å². The first kappa shape index (κ1) is 22.6. The van der Waals surface area contributed by atoms with Crippen molar-refractivity contribution in [3.05, 3.63) is 33.7 Å². The fourth-order valence-corrected chi connectivity index (χ4v) is 3.70. The van der Waals surface area contributed by atoms with E-state index in [-0.39, 0.29) is 35.9 Å². The highest BCUT2D eigenvalue weighted by Gasteiger charge is 2.24. The number of carbonyl (C=O) groups is 2. The van der Waals surface area contributed by atoms with E-state index in [9.17, 15) is 14.4 Å². The number of rotatable bonds is 6. The molecule has 3 rings (SSSR count). The molecular formula is C22H29N3O6. The van der Waals surface area contributed by atoms with Gasteiger partial charge in [0.05, 0.1) is 32.7 Å². The number of nitrogens with zero attached hydrogens (tertiary/aromatic N) is 3. The molecule has 1 aromatic carbocycles. The van der Waals surface area contributed by atoms with Crippen LogP contribution in [0.1, 0.15) is 11.1 Å². The lowest BCUT2D eigenvalue weighted by atomic mass is 10.0. The average Bonchev–Trinajstić information content (AvgIpc) is 2.75. The highest BCUT2D eigenvalue weighted by atomic mass is 16.5. The number of likely N-dealkylation sites (N-methyl/N-ethyl adjacent to an activating group) is 2. The maximum Gasteiger partial charge on any atom is 0.340 e. The standard InChI is InChI=1S/C22H29N3O6/c1-14-15-6-7-17(29-4)21(30-5)20(15)31-22(28)16(14)12-18(26)24(3)13-19(27)25-10-8-23(2)9-11-25/h6-7H,8-13H2,1-5H3. The summed E-state index contributed by atoms with van der Waals surface area (Å²) < 4.78 is 16.1. The molecular weight excluding hydrogens is 402 g/mol. The van der Waals surface area contributed by atoms with Crippen molar-refractivity contribution in [3.8, 4) is 11.5 Å². The summed E-state index contributed by atoms with van der Waals surface area (Å²) in [7, 11) is 6.56. The first-order valence-electron chi connectivity index (χ1n) is 10.1. The molecule has 2 aromatic rings. The Morgan fingerprint density at radius 3 is 2.42 bits per heavy atom. The minimum absolute atomic E-state index is 0.0223. The van der Waals surface area contributed by atoms with Gasteiger partial charge in [0.15, 0.2) is 11.3 Å². The van der Waals surface area contributed by atoms with Gasteiger partial charge in [-0.05, 0) is 31.7 Å². The van der Waals surface area contributed by atoms with Crippen molar-refractivity contribution in [1.29, 1.82) is 0 Å². The molecule has 9 nitrogen and oxygen atoms in total. The second-order valence-corrected chi connectivity index (χ2v) is 7.78. The number of methoxy groups -OCH3 is 2. The fourth-order valence-electron chi connectivity index (χ4n) is 3.70. The lowest BCUT2D eigenvalue weighted by Gasteiger charge is -2.33. The minimum Gasteiger partial charge on any atom is -0.493 e. The van der Waals surface area contributed by atoms with Crippen LogP contribution in [-0.2, 0) is 16.0 Å². The number of carbonyl (C=O) groups excluding carboxylic acids is 2. The zero-order valence-corrected chi connectivity index (χ0v) is 18.7. The SMILES string of the molecule is COc1ccc2c(C)c(CC(=O)N(C)CC(=O)N3CCN(C)CC3)c(=O)oc2c1OC. The molecule has 0 radical (unpaired) electrons. The number of hydrogen-bond acceptors (Lipinski definition) is 7. The third-order valence-electron chi connectivity index (χ3n) is 5.78. The second-order valence-electron chi connectivity index (χ2n) is 7.78. The number of aryl methyl sites for hydroxylation is 1. The van der Waals surface area contributed by atoms with Crippen molar-refractivity contribution >= 4 is 22.8 Å². The van der Waals surface area contributed by atoms with Crippen LogP contribution in [0.15, 0.2) is 21.3 Å². The molecule has 31 heavy (non-hydrogen) atoms. The molecule has 2 amide bonds. The van der Waals surface area contributed by atoms with E-state index < -0.39 is 5.63 Å². The van der Waals surface area contributed by atoms with Crippen molar-refractivity contribution in [2.45, 2.75) is 13.3 Å². The molecule has 1 aliphatic heterocycles. The summed E-state index contributed by atoms with van der Waals surface area (Å²) in [5, 5.41) is 0.663. The summed E-state index contributed by atoms with van der Waals surface area (Å²) in [6.45, 7) is 4.67. The fraction of sp³-hybridized carbons (Fsp3) is 0.500. The first-order valence-corrected chi connectivity index (χ1v) is 10.1. The Morgan fingerprint density at radius 2 is 1.81 bits per heavy atom. The topological polar surface area (TPSA) is 92.5 Å². The van der Waals surface area contributed by atoms with Gasteiger partial charge in [-0.3, -0.25) is 9.59 Å². The van der Waals surface area contributed by atoms with Gasteiger partial charge in [-0.25, -0.2) is 4.79 Å². The van der Waals surface area contributed by atoms with Gasteiger partial charge >= 0.3 is 5.63 Å². The number of ether oxygens (including phenoxy) is 2. The zero-order chi connectivity index (χ0) is 22.7. The maximum atomic E-state index is 12.8. The van der Waals surface area contributed by atoms with E-state index >= 15 is 0 Å². The summed E-state index contributed by atoms with van der Waals surface area (Å²) in [5.74, 6) is 0.359. The van der Waals surface area contributed by atoms with Gasteiger partial charge in [0.1, 0.15) is 0 Å². The molecule has 0 unspecified atom stereocenters. The Labute approximate surface area is 181 Å². The molecule has 1 aliphatic rings. The number of fused-ring (bicyclic) bond motifs is 1. The van der Waals surface area contributed by atoms with Crippen molar-refractivity contribution in [2.75, 3.05) is 61.0 Å². The second kappa shape index (κ2) is 9.38. The monoisotopic (exact) mass is 431 g/mol. The van der Waals surface area contributed by atoms with Crippen LogP contribution >= 0.6 is 0 Å². The molecule has 1 saturated heterocycles. The summed E-state index contributed by atoms with van der Waals surface area (Å²) in [6.07, 6.45) is -0.148. The van der Waals surface area contributed by atoms with Gasteiger partial charge < -0.3 is 28.6 Å². The molecule has 2 heterocycles. The number of amides is 2. The maximum absolute atomic E-state index is 12.8. The Bertz CT molecular complexity index is 1040. The van der Waals surface area contributed by atoms with Gasteiger partial charge in [-0.1, -0.05) is 0 Å². The number of piperazine rings is 1. The first-order chi connectivity index (χ1) is 14.8. The highest BCUT2D eigenvalue weighted by molar-refractivity contribution is 5.90. The quantitative estimate of drug-likeness (QED) is 0.628. The molecule has 0 bridgehead atoms. The van der Waals surface area contributed by atoms with E-state index in [1.54, 1.807) is 31.0 Å². The summed E-state index contributed by atoms with van der Waals surface area (Å²) in [4.78, 5) is 43.2. The molecule has 9 heteroatoms. The van der Waals surface area contributed by atoms with Crippen molar-refractivity contribution in [2.24, 2.45) is 0 Å². The molecule has 0 N–H and O–H groups in total. The molecule has 0 atom stereocenters. The van der Waals surface area contributed by atoms with Crippen LogP contribution in [0, 0.1) is 6.92 Å². The lowest BCUT2D eigenvalue weighted by molar-refractivity contribution is -0.140. The predicted molar refractivity (Wildman–Crippen MR) is 116 cm³/mol. The van der Waals surface area contributed by atoms with Gasteiger partial charge in [0, 0.05) is 38.6 Å². The van der Waals surface area contributed by atoms with E-state index in [2.05, 4.69) is 4.90 Å². The highest BCUT2D eigenvalue weighted by Crippen LogP contribution is 2.36. The normalized spacial score (nSPS) is 14.5. The summed E-state index contributed by atoms with van der Waals surface area (Å²) in [6, 6.07) is 3.49. The largest absolute Gasteiger partial charge is 0.493 e. The van der Waals surface area contributed by atoms with E-state index in [1.807, 2.05) is 7.05 Å². The van der Waals surface area contributed by atoms with Crippen molar-refractivity contribution in [3.63, 3.8) is 0 Å². The Balaban J connectivity index is 1.78. The molecule has 1 aromatic heterocycles. The molecule has 0 aliphatic carbocycles. The molecule has 1 fully saturated rings. The number of benzene rings is 1. The van der Waals surface area contributed by atoms with Gasteiger partial charge in [-0.2, -0.15) is 0 Å². The van der Waals surface area contributed by atoms with Crippen LogP contribution in [0.4, 0.5) is 0 Å². The van der Waals surface area contributed by atoms with Gasteiger partial charge in [0.2, 0.25) is 17.6 Å². The van der Waals surface area contributed by atoms with Crippen LogP contribution in [0.5, 0.6) is 11.5 Å². The van der Waals surface area contributed by atoms with Crippen LogP contribution in [0.3, 0.4) is 0 Å². The zero-order valence-electron chi connectivity index (χ0n) is 18.7. The smallest absolute Gasteiger partial charge is 0.340 e. The summed E-state index contributed by atoms with van der Waals surface area (Å²) in [5.41, 5.74) is 0.575. The Hall–Kier alpha value is -3.07. The third-order valence-corrected chi connectivity index (χ3v) is 5.78. The summed E-state index contributed by atoms with van der Waals surface area (Å²) >= 11 is 0. The van der Waals surface area contributed by atoms with Crippen LogP contribution in [0.25, 0.3) is 11.0 Å². The Morgan fingerprint density at radius 1 is 1.13 bits per heavy atom. The van der Waals surface area contributed by atoms with E-state index in [1.165, 1.54) is 19.1 Å². The van der Waals surface area contributed by atoms with Gasteiger partial charge in [-0.15, -0.1) is 0 Å². The Kier molecular flexibility index (Phi) is 6.84. The van der Waals surface area contributed by atoms with Crippen LogP contribution in [-0.4, -0.2) is 87.6 Å². The number of hydrogen-bond donors (Lipinski definition) is 0. The average molecular weight is 431 g/mol. The molecule has 168 valence electrons. The van der Waals surface area contributed by atoms with Crippen LogP contribution in [0.2, 0.25) is 0 Å². The van der Waals surface area contributed by atoms with Gasteiger partial charge in [0.25, 0.3) is 0 Å². The van der Waals surface area contributed by atoms with E-state index in [4.69, 9.17) is 13.9 Å². The molecule has 0 saturated carbocycles. The van der Waals surface area contributed by atoms with Crippen LogP contribution < -0.4 is 15.1 Å². The lowest BCUT2D eigenvalue weighted by Crippen LogP contribution is -2.50. The predicted octanol–water partition coefficient (Wildman–Crippen LogP) is 0.894. The minimum atomic E-state index is -0.608.